The highest BCUT2D eigenvalue weighted by molar-refractivity contribution is 6.05. The van der Waals surface area contributed by atoms with Gasteiger partial charge in [0.05, 0.1) is 10.9 Å². The van der Waals surface area contributed by atoms with E-state index in [0.29, 0.717) is 27.9 Å². The molecule has 4 nitrogen and oxygen atoms in total. The molecule has 0 radical (unpaired) electrons. The predicted octanol–water partition coefficient (Wildman–Crippen LogP) is 3.66. The highest BCUT2D eigenvalue weighted by atomic mass is 16.3. The van der Waals surface area contributed by atoms with Crippen LogP contribution in [0.25, 0.3) is 22.3 Å². The molecule has 1 heterocycles. The molecule has 2 aromatic carbocycles. The average molecular weight is 319 g/mol. The summed E-state index contributed by atoms with van der Waals surface area (Å²) in [7, 11) is 0. The van der Waals surface area contributed by atoms with Crippen molar-refractivity contribution in [3.05, 3.63) is 69.9 Å². The minimum atomic E-state index is -0.186. The van der Waals surface area contributed by atoms with Crippen LogP contribution in [0, 0.1) is 6.92 Å². The van der Waals surface area contributed by atoms with Gasteiger partial charge in [0.15, 0.2) is 11.0 Å². The van der Waals surface area contributed by atoms with E-state index in [1.807, 2.05) is 30.3 Å². The summed E-state index contributed by atoms with van der Waals surface area (Å²) in [5.41, 5.74) is 2.04. The first-order chi connectivity index (χ1) is 11.6. The fraction of sp³-hybridized carbons (Fsp3) is 0.200. The number of nitrogens with one attached hydrogen (secondary N) is 1. The second-order valence-electron chi connectivity index (χ2n) is 6.18. The van der Waals surface area contributed by atoms with Gasteiger partial charge < -0.3 is 9.73 Å². The third kappa shape index (κ3) is 2.50. The van der Waals surface area contributed by atoms with Crippen LogP contribution in [0.1, 0.15) is 28.8 Å². The molecule has 1 aliphatic carbocycles. The highest BCUT2D eigenvalue weighted by Crippen LogP contribution is 2.28. The Balaban J connectivity index is 1.94. The van der Waals surface area contributed by atoms with Crippen molar-refractivity contribution in [2.75, 3.05) is 0 Å². The number of fused-ring (bicyclic) bond motifs is 1. The van der Waals surface area contributed by atoms with Gasteiger partial charge in [0, 0.05) is 17.2 Å². The van der Waals surface area contributed by atoms with E-state index in [0.717, 1.165) is 18.4 Å². The van der Waals surface area contributed by atoms with Crippen LogP contribution < -0.4 is 10.7 Å². The van der Waals surface area contributed by atoms with E-state index in [2.05, 4.69) is 5.32 Å². The van der Waals surface area contributed by atoms with Gasteiger partial charge in [-0.1, -0.05) is 36.4 Å². The van der Waals surface area contributed by atoms with Gasteiger partial charge in [-0.3, -0.25) is 9.59 Å². The van der Waals surface area contributed by atoms with Crippen LogP contribution in [0.5, 0.6) is 0 Å². The quantitative estimate of drug-likeness (QED) is 0.801. The molecular weight excluding hydrogens is 302 g/mol. The molecule has 1 saturated carbocycles. The first-order valence-corrected chi connectivity index (χ1v) is 8.08. The molecule has 0 aliphatic heterocycles. The lowest BCUT2D eigenvalue weighted by Crippen LogP contribution is -2.25. The van der Waals surface area contributed by atoms with Crippen molar-refractivity contribution in [3.63, 3.8) is 0 Å². The number of carbonyl (C=O) groups is 1. The first kappa shape index (κ1) is 14.7. The predicted molar refractivity (Wildman–Crippen MR) is 93.1 cm³/mol. The summed E-state index contributed by atoms with van der Waals surface area (Å²) in [5.74, 6) is 0.328. The Bertz CT molecular complexity index is 985. The summed E-state index contributed by atoms with van der Waals surface area (Å²) >= 11 is 0. The molecule has 1 N–H and O–H groups in total. The summed E-state index contributed by atoms with van der Waals surface area (Å²) < 4.78 is 6.05. The van der Waals surface area contributed by atoms with E-state index >= 15 is 0 Å². The fourth-order valence-corrected chi connectivity index (χ4v) is 2.84. The van der Waals surface area contributed by atoms with E-state index in [1.165, 1.54) is 0 Å². The molecule has 4 rings (SSSR count). The van der Waals surface area contributed by atoms with Crippen LogP contribution in [-0.4, -0.2) is 11.9 Å². The molecule has 0 atom stereocenters. The lowest BCUT2D eigenvalue weighted by atomic mass is 10.0. The van der Waals surface area contributed by atoms with Crippen molar-refractivity contribution in [1.82, 2.24) is 5.32 Å². The maximum absolute atomic E-state index is 12.7. The molecular formula is C20H17NO3. The van der Waals surface area contributed by atoms with Crippen molar-refractivity contribution in [3.8, 4) is 11.3 Å². The number of rotatable bonds is 3. The Morgan fingerprint density at radius 3 is 2.54 bits per heavy atom. The average Bonchev–Trinajstić information content (AvgIpc) is 3.42. The smallest absolute Gasteiger partial charge is 0.255 e. The Morgan fingerprint density at radius 2 is 1.83 bits per heavy atom. The van der Waals surface area contributed by atoms with Crippen LogP contribution in [0.15, 0.2) is 57.7 Å². The molecule has 1 aromatic heterocycles. The van der Waals surface area contributed by atoms with Gasteiger partial charge in [-0.05, 0) is 31.9 Å². The number of hydrogen-bond acceptors (Lipinski definition) is 3. The lowest BCUT2D eigenvalue weighted by Gasteiger charge is -2.10. The fourth-order valence-electron chi connectivity index (χ4n) is 2.84. The van der Waals surface area contributed by atoms with Gasteiger partial charge in [-0.25, -0.2) is 0 Å². The highest BCUT2D eigenvalue weighted by Gasteiger charge is 2.25. The molecule has 0 spiro atoms. The Kier molecular flexibility index (Phi) is 3.45. The molecule has 0 saturated heterocycles. The third-order valence-corrected chi connectivity index (χ3v) is 4.34. The summed E-state index contributed by atoms with van der Waals surface area (Å²) in [6.45, 7) is 1.75. The van der Waals surface area contributed by atoms with Gasteiger partial charge in [-0.2, -0.15) is 0 Å². The normalized spacial score (nSPS) is 13.9. The van der Waals surface area contributed by atoms with Crippen LogP contribution in [0.2, 0.25) is 0 Å². The lowest BCUT2D eigenvalue weighted by molar-refractivity contribution is 0.0951. The van der Waals surface area contributed by atoms with E-state index in [-0.39, 0.29) is 17.4 Å². The maximum Gasteiger partial charge on any atom is 0.255 e. The van der Waals surface area contributed by atoms with E-state index in [1.54, 1.807) is 25.1 Å². The van der Waals surface area contributed by atoms with Crippen molar-refractivity contribution >= 4 is 16.9 Å². The van der Waals surface area contributed by atoms with Crippen LogP contribution >= 0.6 is 0 Å². The summed E-state index contributed by atoms with van der Waals surface area (Å²) in [6.07, 6.45) is 2.02. The summed E-state index contributed by atoms with van der Waals surface area (Å²) in [6, 6.07) is 14.9. The zero-order valence-electron chi connectivity index (χ0n) is 13.3. The number of hydrogen-bond donors (Lipinski definition) is 1. The molecule has 120 valence electrons. The third-order valence-electron chi connectivity index (χ3n) is 4.34. The van der Waals surface area contributed by atoms with Crippen LogP contribution in [-0.2, 0) is 0 Å². The van der Waals surface area contributed by atoms with E-state index in [4.69, 9.17) is 4.42 Å². The topological polar surface area (TPSA) is 59.3 Å². The van der Waals surface area contributed by atoms with Crippen LogP contribution in [0.4, 0.5) is 0 Å². The Labute approximate surface area is 139 Å². The molecule has 0 unspecified atom stereocenters. The Morgan fingerprint density at radius 1 is 1.08 bits per heavy atom. The SMILES string of the molecule is Cc1c(-c2ccccc2)oc2c(C(=O)NC3CC3)cccc2c1=O. The molecule has 1 aliphatic rings. The second-order valence-corrected chi connectivity index (χ2v) is 6.18. The Hall–Kier alpha value is -2.88. The zero-order chi connectivity index (χ0) is 16.7. The van der Waals surface area contributed by atoms with Crippen LogP contribution in [0.3, 0.4) is 0 Å². The number of benzene rings is 2. The first-order valence-electron chi connectivity index (χ1n) is 8.08. The summed E-state index contributed by atoms with van der Waals surface area (Å²) in [5, 5.41) is 3.40. The standard InChI is InChI=1S/C20H17NO3/c1-12-17(22)15-8-5-9-16(20(23)21-14-10-11-14)19(15)24-18(12)13-6-3-2-4-7-13/h2-9,14H,10-11H2,1H3,(H,21,23). The van der Waals surface area contributed by atoms with Gasteiger partial charge in [0.25, 0.3) is 5.91 Å². The van der Waals surface area contributed by atoms with E-state index in [9.17, 15) is 9.59 Å². The van der Waals surface area contributed by atoms with Gasteiger partial charge in [0.1, 0.15) is 5.76 Å². The number of amides is 1. The van der Waals surface area contributed by atoms with Gasteiger partial charge >= 0.3 is 0 Å². The second kappa shape index (κ2) is 5.64. The van der Waals surface area contributed by atoms with E-state index < -0.39 is 0 Å². The van der Waals surface area contributed by atoms with Crippen molar-refractivity contribution in [1.29, 1.82) is 0 Å². The number of carbonyl (C=O) groups excluding carboxylic acids is 1. The largest absolute Gasteiger partial charge is 0.455 e. The monoisotopic (exact) mass is 319 g/mol. The molecule has 4 heteroatoms. The molecule has 1 amide bonds. The van der Waals surface area contributed by atoms with Crippen molar-refractivity contribution < 1.29 is 9.21 Å². The van der Waals surface area contributed by atoms with Gasteiger partial charge in [0.2, 0.25) is 0 Å². The minimum absolute atomic E-state index is 0.101. The van der Waals surface area contributed by atoms with Crippen molar-refractivity contribution in [2.45, 2.75) is 25.8 Å². The maximum atomic E-state index is 12.7. The molecule has 0 bridgehead atoms. The van der Waals surface area contributed by atoms with Crippen molar-refractivity contribution in [2.24, 2.45) is 0 Å². The molecule has 3 aromatic rings. The van der Waals surface area contributed by atoms with Gasteiger partial charge in [-0.15, -0.1) is 0 Å². The molecule has 24 heavy (non-hydrogen) atoms. The number of para-hydroxylation sites is 1. The minimum Gasteiger partial charge on any atom is -0.455 e. The molecule has 1 fully saturated rings. The zero-order valence-corrected chi connectivity index (χ0v) is 13.3. The summed E-state index contributed by atoms with van der Waals surface area (Å²) in [4.78, 5) is 25.2.